The van der Waals surface area contributed by atoms with Gasteiger partial charge in [-0.1, -0.05) is 29.8 Å². The first-order valence-electron chi connectivity index (χ1n) is 9.30. The van der Waals surface area contributed by atoms with Crippen molar-refractivity contribution in [3.63, 3.8) is 0 Å². The normalized spacial score (nSPS) is 18.3. The molecule has 2 atom stereocenters. The van der Waals surface area contributed by atoms with E-state index in [2.05, 4.69) is 15.6 Å². The molecule has 9 heteroatoms. The molecule has 0 bridgehead atoms. The predicted octanol–water partition coefficient (Wildman–Crippen LogP) is 4.94. The van der Waals surface area contributed by atoms with Gasteiger partial charge in [-0.3, -0.25) is 9.78 Å². The van der Waals surface area contributed by atoms with Crippen molar-refractivity contribution in [1.82, 2.24) is 15.2 Å². The Kier molecular flexibility index (Phi) is 6.26. The van der Waals surface area contributed by atoms with Crippen molar-refractivity contribution in [2.75, 3.05) is 11.9 Å². The van der Waals surface area contributed by atoms with E-state index in [1.54, 1.807) is 18.3 Å². The largest absolute Gasteiger partial charge is 0.352 e. The van der Waals surface area contributed by atoms with Gasteiger partial charge in [-0.25, -0.2) is 4.39 Å². The summed E-state index contributed by atoms with van der Waals surface area (Å²) in [6.45, 7) is 0.371. The summed E-state index contributed by atoms with van der Waals surface area (Å²) in [5, 5.41) is 6.48. The minimum Gasteiger partial charge on any atom is -0.352 e. The van der Waals surface area contributed by atoms with Gasteiger partial charge in [0.1, 0.15) is 5.82 Å². The Bertz CT molecular complexity index is 1060. The Labute approximate surface area is 187 Å². The molecule has 2 N–H and O–H groups in total. The monoisotopic (exact) mass is 460 g/mol. The number of thiocarbonyl (C=S) groups is 1. The summed E-state index contributed by atoms with van der Waals surface area (Å²) in [5.74, 6) is -0.752. The molecule has 154 valence electrons. The number of anilines is 1. The summed E-state index contributed by atoms with van der Waals surface area (Å²) in [7, 11) is 0. The number of carbonyl (C=O) groups excluding carboxylic acids is 1. The first-order chi connectivity index (χ1) is 14.5. The molecular weight excluding hydrogens is 443 g/mol. The number of para-hydroxylation sites is 1. The maximum atomic E-state index is 13.8. The third kappa shape index (κ3) is 4.45. The number of aromatic nitrogens is 1. The Morgan fingerprint density at radius 2 is 2.03 bits per heavy atom. The van der Waals surface area contributed by atoms with E-state index in [9.17, 15) is 9.18 Å². The van der Waals surface area contributed by atoms with Gasteiger partial charge in [0, 0.05) is 24.0 Å². The van der Waals surface area contributed by atoms with E-state index < -0.39 is 5.82 Å². The van der Waals surface area contributed by atoms with Crippen molar-refractivity contribution in [2.45, 2.75) is 18.5 Å². The van der Waals surface area contributed by atoms with Gasteiger partial charge in [0.15, 0.2) is 5.11 Å². The molecule has 0 unspecified atom stereocenters. The number of nitrogens with zero attached hydrogens (tertiary/aromatic N) is 2. The molecule has 1 fully saturated rings. The van der Waals surface area contributed by atoms with Crippen LogP contribution in [0, 0.1) is 5.82 Å². The van der Waals surface area contributed by atoms with Crippen LogP contribution in [-0.4, -0.2) is 27.4 Å². The lowest BCUT2D eigenvalue weighted by Crippen LogP contribution is -2.32. The van der Waals surface area contributed by atoms with E-state index in [0.717, 1.165) is 10.6 Å². The Balaban J connectivity index is 1.52. The number of benzene rings is 1. The highest BCUT2D eigenvalue weighted by molar-refractivity contribution is 7.80. The maximum absolute atomic E-state index is 13.8. The van der Waals surface area contributed by atoms with Gasteiger partial charge >= 0.3 is 0 Å². The second-order valence-corrected chi connectivity index (χ2v) is 8.87. The zero-order valence-electron chi connectivity index (χ0n) is 15.7. The van der Waals surface area contributed by atoms with Crippen molar-refractivity contribution >= 4 is 51.9 Å². The summed E-state index contributed by atoms with van der Waals surface area (Å²) in [6.07, 6.45) is 1.89. The number of rotatable bonds is 6. The van der Waals surface area contributed by atoms with Gasteiger partial charge in [-0.2, -0.15) is 0 Å². The highest BCUT2D eigenvalue weighted by Crippen LogP contribution is 2.42. The number of amides is 1. The minimum atomic E-state index is -0.467. The van der Waals surface area contributed by atoms with Crippen LogP contribution in [0.2, 0.25) is 4.34 Å². The molecular formula is C21H18ClFN4OS2. The number of thiophene rings is 1. The molecule has 1 amide bonds. The molecule has 1 aliphatic rings. The fourth-order valence-electron chi connectivity index (χ4n) is 3.44. The van der Waals surface area contributed by atoms with Gasteiger partial charge in [0.25, 0.3) is 0 Å². The van der Waals surface area contributed by atoms with Crippen LogP contribution in [0.25, 0.3) is 0 Å². The lowest BCUT2D eigenvalue weighted by molar-refractivity contribution is -0.116. The molecule has 0 radical (unpaired) electrons. The van der Waals surface area contributed by atoms with E-state index in [0.29, 0.717) is 16.0 Å². The van der Waals surface area contributed by atoms with Crippen LogP contribution in [-0.2, 0) is 4.79 Å². The quantitative estimate of drug-likeness (QED) is 0.510. The molecule has 0 spiro atoms. The third-order valence-electron chi connectivity index (χ3n) is 4.81. The molecule has 2 aromatic heterocycles. The molecule has 0 aliphatic carbocycles. The summed E-state index contributed by atoms with van der Waals surface area (Å²) in [6, 6.07) is 15.3. The molecule has 1 saturated heterocycles. The predicted molar refractivity (Wildman–Crippen MR) is 121 cm³/mol. The van der Waals surface area contributed by atoms with Crippen LogP contribution in [0.5, 0.6) is 0 Å². The van der Waals surface area contributed by atoms with Crippen LogP contribution >= 0.6 is 35.2 Å². The molecule has 4 rings (SSSR count). The van der Waals surface area contributed by atoms with Crippen LogP contribution in [0.1, 0.15) is 29.1 Å². The number of halogens is 2. The van der Waals surface area contributed by atoms with Gasteiger partial charge in [-0.05, 0) is 48.6 Å². The lowest BCUT2D eigenvalue weighted by atomic mass is 10.0. The smallest absolute Gasteiger partial charge is 0.226 e. The minimum absolute atomic E-state index is 0.147. The first-order valence-corrected chi connectivity index (χ1v) is 10.9. The van der Waals surface area contributed by atoms with Crippen LogP contribution < -0.4 is 10.6 Å². The van der Waals surface area contributed by atoms with E-state index in [1.807, 2.05) is 35.2 Å². The topological polar surface area (TPSA) is 57.3 Å². The number of carbonyl (C=O) groups is 1. The summed E-state index contributed by atoms with van der Waals surface area (Å²) < 4.78 is 14.5. The zero-order valence-corrected chi connectivity index (χ0v) is 18.1. The average molecular weight is 461 g/mol. The maximum Gasteiger partial charge on any atom is 0.226 e. The van der Waals surface area contributed by atoms with Gasteiger partial charge in [0.05, 0.1) is 27.8 Å². The van der Waals surface area contributed by atoms with E-state index in [1.165, 1.54) is 23.5 Å². The highest BCUT2D eigenvalue weighted by atomic mass is 35.5. The molecule has 5 nitrogen and oxygen atoms in total. The van der Waals surface area contributed by atoms with E-state index >= 15 is 0 Å². The fourth-order valence-corrected chi connectivity index (χ4v) is 4.98. The summed E-state index contributed by atoms with van der Waals surface area (Å²) >= 11 is 13.2. The van der Waals surface area contributed by atoms with Crippen LogP contribution in [0.4, 0.5) is 10.1 Å². The SMILES string of the molecule is O=C(CCN1C(=S)N[C@H](c2ccccn2)[C@H]1c1ccc(Cl)s1)Nc1ccccc1F. The molecule has 0 saturated carbocycles. The highest BCUT2D eigenvalue weighted by Gasteiger charge is 2.40. The van der Waals surface area contributed by atoms with Gasteiger partial charge < -0.3 is 15.5 Å². The molecule has 3 aromatic rings. The number of hydrogen-bond donors (Lipinski definition) is 2. The fraction of sp³-hybridized carbons (Fsp3) is 0.190. The second-order valence-electron chi connectivity index (χ2n) is 6.74. The van der Waals surface area contributed by atoms with E-state index in [-0.39, 0.29) is 30.1 Å². The lowest BCUT2D eigenvalue weighted by Gasteiger charge is -2.26. The summed E-state index contributed by atoms with van der Waals surface area (Å²) in [5.41, 5.74) is 1.02. The Morgan fingerprint density at radius 1 is 1.23 bits per heavy atom. The van der Waals surface area contributed by atoms with Crippen LogP contribution in [0.15, 0.2) is 60.8 Å². The zero-order chi connectivity index (χ0) is 21.1. The number of nitrogens with one attached hydrogen (secondary N) is 2. The molecule has 3 heterocycles. The van der Waals surface area contributed by atoms with Crippen molar-refractivity contribution in [1.29, 1.82) is 0 Å². The second kappa shape index (κ2) is 9.07. The molecule has 1 aromatic carbocycles. The molecule has 30 heavy (non-hydrogen) atoms. The van der Waals surface area contributed by atoms with Crippen molar-refractivity contribution in [3.8, 4) is 0 Å². The standard InChI is InChI=1S/C21H18ClFN4OS2/c22-17-9-8-16(30-17)20-19(15-7-3-4-11-24-15)26-21(29)27(20)12-10-18(28)25-14-6-2-1-5-13(14)23/h1-9,11,19-20H,10,12H2,(H,25,28)(H,26,29)/t19-,20-/m1/s1. The number of hydrogen-bond acceptors (Lipinski definition) is 4. The molecule has 1 aliphatic heterocycles. The third-order valence-corrected chi connectivity index (χ3v) is 6.47. The van der Waals surface area contributed by atoms with Crippen LogP contribution in [0.3, 0.4) is 0 Å². The summed E-state index contributed by atoms with van der Waals surface area (Å²) in [4.78, 5) is 19.9. The first kappa shape index (κ1) is 20.7. The Hall–Kier alpha value is -2.55. The number of pyridine rings is 1. The van der Waals surface area contributed by atoms with E-state index in [4.69, 9.17) is 23.8 Å². The average Bonchev–Trinajstić information content (AvgIpc) is 3.31. The van der Waals surface area contributed by atoms with Gasteiger partial charge in [0.2, 0.25) is 5.91 Å². The van der Waals surface area contributed by atoms with Gasteiger partial charge in [-0.15, -0.1) is 11.3 Å². The van der Waals surface area contributed by atoms with Crippen molar-refractivity contribution < 1.29 is 9.18 Å². The van der Waals surface area contributed by atoms with Crippen molar-refractivity contribution in [3.05, 3.63) is 81.5 Å². The Morgan fingerprint density at radius 3 is 2.73 bits per heavy atom. The van der Waals surface area contributed by atoms with Crippen molar-refractivity contribution in [2.24, 2.45) is 0 Å².